The van der Waals surface area contributed by atoms with Crippen LogP contribution >= 0.6 is 47.8 Å². The van der Waals surface area contributed by atoms with Gasteiger partial charge in [-0.3, -0.25) is 4.79 Å². The topological polar surface area (TPSA) is 134 Å². The molecule has 0 saturated carbocycles. The largest absolute Gasteiger partial charge is 0.460 e. The maximum Gasteiger partial charge on any atom is 0.375 e. The number of imidazole rings is 1. The summed E-state index contributed by atoms with van der Waals surface area (Å²) in [7, 11) is 0. The summed E-state index contributed by atoms with van der Waals surface area (Å²) in [5.74, 6) is -0.569. The molecule has 0 aliphatic heterocycles. The second kappa shape index (κ2) is 24.2. The molecular weight excluding hydrogens is 930 g/mol. The van der Waals surface area contributed by atoms with Crippen molar-refractivity contribution in [3.63, 3.8) is 0 Å². The number of benzene rings is 4. The molecule has 0 aliphatic carbocycles. The molecule has 0 atom stereocenters. The molecule has 4 aromatic carbocycles. The van der Waals surface area contributed by atoms with Crippen LogP contribution in [0.15, 0.2) is 117 Å². The number of ether oxygens (including phenoxy) is 1. The van der Waals surface area contributed by atoms with Crippen LogP contribution in [0.4, 0.5) is 14.5 Å². The van der Waals surface area contributed by atoms with Gasteiger partial charge in [0.2, 0.25) is 5.78 Å². The number of ketones is 1. The fourth-order valence-electron chi connectivity index (χ4n) is 5.09. The average Bonchev–Trinajstić information content (AvgIpc) is 3.63. The number of carbonyl (C=O) groups is 2. The molecule has 5 rings (SSSR count). The second-order valence-corrected chi connectivity index (χ2v) is 15.2. The van der Waals surface area contributed by atoms with Crippen LogP contribution in [0.25, 0.3) is 5.69 Å². The van der Waals surface area contributed by atoms with Crippen LogP contribution in [0, 0.1) is 11.6 Å². The molecule has 0 aliphatic rings. The minimum Gasteiger partial charge on any atom is -0.460 e. The van der Waals surface area contributed by atoms with Crippen molar-refractivity contribution in [2.45, 2.75) is 66.2 Å². The number of amidine groups is 1. The Labute approximate surface area is 358 Å². The van der Waals surface area contributed by atoms with Gasteiger partial charge in [-0.05, 0) is 102 Å². The third-order valence-electron chi connectivity index (χ3n) is 8.22. The summed E-state index contributed by atoms with van der Waals surface area (Å²) in [6, 6.07) is 29.1. The molecule has 2 N–H and O–H groups in total. The second-order valence-electron chi connectivity index (χ2n) is 12.8. The molecule has 0 fully saturated rings. The Kier molecular flexibility index (Phi) is 21.4. The quantitative estimate of drug-likeness (QED) is 0.0484. The Morgan fingerprint density at radius 2 is 1.30 bits per heavy atom. The Balaban J connectivity index is 0.000000444. The van der Waals surface area contributed by atoms with E-state index < -0.39 is 22.6 Å². The molecule has 0 radical (unpaired) electrons. The smallest absolute Gasteiger partial charge is 0.375 e. The molecule has 0 saturated heterocycles. The highest BCUT2D eigenvalue weighted by molar-refractivity contribution is 9.10. The van der Waals surface area contributed by atoms with E-state index in [0.29, 0.717) is 17.0 Å². The number of aryl methyl sites for hydroxylation is 1. The molecule has 0 amide bonds. The molecule has 1 aromatic heterocycles. The highest BCUT2D eigenvalue weighted by Crippen LogP contribution is 2.34. The van der Waals surface area contributed by atoms with E-state index in [0.717, 1.165) is 38.3 Å². The number of rotatable bonds is 10. The lowest BCUT2D eigenvalue weighted by Crippen LogP contribution is -2.36. The first-order valence-electron chi connectivity index (χ1n) is 17.2. The number of hydrogen-bond acceptors (Lipinski definition) is 7. The number of carbonyl (C=O) groups excluding carboxylic acids is 4. The standard InChI is InChI=1S/C20H20BrFN2.C16H16BrFN2.C5H7BrO3.CO2.CH4/c1-4-15-13-24(16-11-9-14(21)10-12-16)19(23-15)20(2,3)17-7-5-6-8-18(17)22;1-16(2,13-5-3-4-6-14(13)18)15(19)20-12-9-7-11(17)8-10-12;1-2-9-5(8)4(7)3-6;2-1-3;/h5-13H,4H2,1-3H3;3-10H,1-2H3,(H2,19,20);2-3H2,1H3;;1H4. The molecule has 1 heterocycles. The molecule has 5 aromatic rings. The third kappa shape index (κ3) is 14.7. The summed E-state index contributed by atoms with van der Waals surface area (Å²) in [6.07, 6.45) is 3.13. The number of aliphatic imine (C=N–C) groups is 1. The van der Waals surface area contributed by atoms with Crippen molar-refractivity contribution in [3.05, 3.63) is 146 Å². The fraction of sp³-hybridized carbons (Fsp3) is 0.279. The van der Waals surface area contributed by atoms with Crippen LogP contribution in [0.3, 0.4) is 0 Å². The van der Waals surface area contributed by atoms with Crippen molar-refractivity contribution < 1.29 is 32.7 Å². The summed E-state index contributed by atoms with van der Waals surface area (Å²) in [6.45, 7) is 11.7. The van der Waals surface area contributed by atoms with E-state index >= 15 is 0 Å². The highest BCUT2D eigenvalue weighted by Gasteiger charge is 2.32. The lowest BCUT2D eigenvalue weighted by molar-refractivity contribution is -0.191. The van der Waals surface area contributed by atoms with Crippen LogP contribution in [0.1, 0.15) is 71.6 Å². The van der Waals surface area contributed by atoms with E-state index in [-0.39, 0.29) is 37.1 Å². The molecule has 14 heteroatoms. The predicted molar refractivity (Wildman–Crippen MR) is 231 cm³/mol. The van der Waals surface area contributed by atoms with Gasteiger partial charge in [0.25, 0.3) is 0 Å². The summed E-state index contributed by atoms with van der Waals surface area (Å²) in [5.41, 5.74) is 8.83. The SMILES string of the molecule is C.CC(C)(C(N)=Nc1ccc(Br)cc1)c1ccccc1F.CCOC(=O)C(=O)CBr.CCc1cn(-c2ccc(Br)cc2)c(C(C)(C)c2ccccc2F)n1.O=C=O. The van der Waals surface area contributed by atoms with E-state index in [1.165, 1.54) is 12.1 Å². The zero-order valence-electron chi connectivity index (χ0n) is 31.8. The van der Waals surface area contributed by atoms with Gasteiger partial charge in [-0.2, -0.15) is 9.59 Å². The third-order valence-corrected chi connectivity index (χ3v) is 9.78. The van der Waals surface area contributed by atoms with Crippen molar-refractivity contribution >= 4 is 77.2 Å². The Morgan fingerprint density at radius 1 is 0.825 bits per heavy atom. The number of alkyl halides is 1. The number of nitrogens with zero attached hydrogens (tertiary/aromatic N) is 3. The van der Waals surface area contributed by atoms with E-state index in [1.54, 1.807) is 31.2 Å². The number of aromatic nitrogens is 2. The van der Waals surface area contributed by atoms with Crippen molar-refractivity contribution in [1.82, 2.24) is 9.55 Å². The number of Topliss-reactive ketones (excluding diaryl/α,β-unsaturated/α-hetero) is 1. The molecule has 0 bridgehead atoms. The van der Waals surface area contributed by atoms with Crippen molar-refractivity contribution in [2.24, 2.45) is 10.7 Å². The van der Waals surface area contributed by atoms with Gasteiger partial charge in [0.15, 0.2) is 0 Å². The van der Waals surface area contributed by atoms with Crippen molar-refractivity contribution in [1.29, 1.82) is 0 Å². The number of esters is 1. The van der Waals surface area contributed by atoms with Crippen LogP contribution in [-0.2, 0) is 41.2 Å². The monoisotopic (exact) mass is 974 g/mol. The normalized spacial score (nSPS) is 10.8. The van der Waals surface area contributed by atoms with E-state index in [2.05, 4.69) is 69.0 Å². The van der Waals surface area contributed by atoms with Gasteiger partial charge in [-0.1, -0.05) is 98.5 Å². The van der Waals surface area contributed by atoms with Gasteiger partial charge in [-0.15, -0.1) is 0 Å². The number of hydrogen-bond donors (Lipinski definition) is 1. The molecule has 0 spiro atoms. The van der Waals surface area contributed by atoms with Crippen LogP contribution < -0.4 is 5.73 Å². The number of nitrogens with two attached hydrogens (primary N) is 1. The minimum atomic E-state index is -0.769. The predicted octanol–water partition coefficient (Wildman–Crippen LogP) is 10.8. The zero-order chi connectivity index (χ0) is 42.1. The van der Waals surface area contributed by atoms with Crippen LogP contribution in [0.5, 0.6) is 0 Å². The first-order chi connectivity index (χ1) is 26.5. The van der Waals surface area contributed by atoms with E-state index in [4.69, 9.17) is 20.3 Å². The van der Waals surface area contributed by atoms with E-state index in [1.807, 2.05) is 94.6 Å². The summed E-state index contributed by atoms with van der Waals surface area (Å²) >= 11 is 9.67. The molecule has 0 unspecified atom stereocenters. The lowest BCUT2D eigenvalue weighted by Gasteiger charge is -2.26. The van der Waals surface area contributed by atoms with Crippen molar-refractivity contribution in [3.8, 4) is 5.69 Å². The van der Waals surface area contributed by atoms with Gasteiger partial charge in [0, 0.05) is 37.4 Å². The highest BCUT2D eigenvalue weighted by atomic mass is 79.9. The van der Waals surface area contributed by atoms with Gasteiger partial charge in [0.05, 0.1) is 28.7 Å². The van der Waals surface area contributed by atoms with Gasteiger partial charge in [-0.25, -0.2) is 23.6 Å². The van der Waals surface area contributed by atoms with Crippen LogP contribution in [0.2, 0.25) is 0 Å². The van der Waals surface area contributed by atoms with E-state index in [9.17, 15) is 18.4 Å². The lowest BCUT2D eigenvalue weighted by atomic mass is 9.83. The van der Waals surface area contributed by atoms with Crippen molar-refractivity contribution in [2.75, 3.05) is 11.9 Å². The molecule has 9 nitrogen and oxygen atoms in total. The molecule has 57 heavy (non-hydrogen) atoms. The number of halogens is 5. The fourth-order valence-corrected chi connectivity index (χ4v) is 5.85. The average molecular weight is 978 g/mol. The summed E-state index contributed by atoms with van der Waals surface area (Å²) in [5, 5.41) is 0.0336. The maximum absolute atomic E-state index is 14.4. The Morgan fingerprint density at radius 3 is 1.75 bits per heavy atom. The van der Waals surface area contributed by atoms with Gasteiger partial charge < -0.3 is 15.0 Å². The zero-order valence-corrected chi connectivity index (χ0v) is 36.5. The minimum absolute atomic E-state index is 0. The summed E-state index contributed by atoms with van der Waals surface area (Å²) < 4.78 is 36.8. The van der Waals surface area contributed by atoms with Crippen LogP contribution in [-0.4, -0.2) is 45.2 Å². The molecule has 304 valence electrons. The van der Waals surface area contributed by atoms with Gasteiger partial charge in [0.1, 0.15) is 23.3 Å². The first-order valence-corrected chi connectivity index (χ1v) is 19.9. The first kappa shape index (κ1) is 50.4. The maximum atomic E-state index is 14.4. The Hall–Kier alpha value is -4.62. The van der Waals surface area contributed by atoms with Gasteiger partial charge >= 0.3 is 12.1 Å². The molecular formula is C43H47Br3F2N4O5. The summed E-state index contributed by atoms with van der Waals surface area (Å²) in [4.78, 5) is 46.2. The Bertz CT molecular complexity index is 2110.